The SMILES string of the molecule is O=c1ccc2ncc(F)cc2n1CCN1CCC(CCc2cncc(Br)c2)CC1. The van der Waals surface area contributed by atoms with E-state index in [2.05, 4.69) is 36.9 Å². The van der Waals surface area contributed by atoms with Gasteiger partial charge in [-0.3, -0.25) is 14.8 Å². The first kappa shape index (κ1) is 20.2. The molecule has 0 aliphatic carbocycles. The number of fused-ring (bicyclic) bond motifs is 1. The van der Waals surface area contributed by atoms with Crippen LogP contribution in [0.3, 0.4) is 0 Å². The molecule has 0 amide bonds. The molecule has 29 heavy (non-hydrogen) atoms. The summed E-state index contributed by atoms with van der Waals surface area (Å²) in [5.74, 6) is 0.308. The van der Waals surface area contributed by atoms with Crippen molar-refractivity contribution in [2.75, 3.05) is 19.6 Å². The third-order valence-electron chi connectivity index (χ3n) is 5.75. The highest BCUT2D eigenvalue weighted by Gasteiger charge is 2.19. The van der Waals surface area contributed by atoms with Crippen molar-refractivity contribution in [2.45, 2.75) is 32.2 Å². The molecule has 152 valence electrons. The quantitative estimate of drug-likeness (QED) is 0.559. The lowest BCUT2D eigenvalue weighted by atomic mass is 9.91. The van der Waals surface area contributed by atoms with E-state index in [4.69, 9.17) is 0 Å². The smallest absolute Gasteiger partial charge is 0.251 e. The van der Waals surface area contributed by atoms with E-state index in [-0.39, 0.29) is 5.56 Å². The molecular formula is C22H24BrFN4O. The first-order valence-electron chi connectivity index (χ1n) is 10.1. The molecule has 4 heterocycles. The molecule has 1 aliphatic rings. The Hall–Kier alpha value is -2.12. The maximum absolute atomic E-state index is 13.6. The van der Waals surface area contributed by atoms with Crippen molar-refractivity contribution in [3.05, 3.63) is 69.1 Å². The summed E-state index contributed by atoms with van der Waals surface area (Å²) in [6, 6.07) is 6.70. The summed E-state index contributed by atoms with van der Waals surface area (Å²) in [7, 11) is 0. The van der Waals surface area contributed by atoms with Gasteiger partial charge in [0.25, 0.3) is 5.56 Å². The van der Waals surface area contributed by atoms with Crippen LogP contribution in [0.5, 0.6) is 0 Å². The Bertz CT molecular complexity index is 1050. The second-order valence-electron chi connectivity index (χ2n) is 7.72. The Balaban J connectivity index is 1.30. The maximum Gasteiger partial charge on any atom is 0.251 e. The van der Waals surface area contributed by atoms with Crippen LogP contribution in [0.4, 0.5) is 4.39 Å². The van der Waals surface area contributed by atoms with E-state index >= 15 is 0 Å². The number of hydrogen-bond donors (Lipinski definition) is 0. The van der Waals surface area contributed by atoms with Crippen LogP contribution in [-0.4, -0.2) is 39.1 Å². The molecule has 0 N–H and O–H groups in total. The fourth-order valence-corrected chi connectivity index (χ4v) is 4.49. The minimum atomic E-state index is -0.418. The summed E-state index contributed by atoms with van der Waals surface area (Å²) in [5.41, 5.74) is 2.38. The molecular weight excluding hydrogens is 435 g/mol. The lowest BCUT2D eigenvalue weighted by molar-refractivity contribution is 0.174. The summed E-state index contributed by atoms with van der Waals surface area (Å²) < 4.78 is 16.3. The third-order valence-corrected chi connectivity index (χ3v) is 6.19. The monoisotopic (exact) mass is 458 g/mol. The van der Waals surface area contributed by atoms with Crippen LogP contribution in [0.2, 0.25) is 0 Å². The Morgan fingerprint density at radius 3 is 2.72 bits per heavy atom. The van der Waals surface area contributed by atoms with Gasteiger partial charge >= 0.3 is 0 Å². The normalized spacial score (nSPS) is 15.8. The highest BCUT2D eigenvalue weighted by molar-refractivity contribution is 9.10. The third kappa shape index (κ3) is 5.08. The lowest BCUT2D eigenvalue weighted by Gasteiger charge is -2.32. The van der Waals surface area contributed by atoms with Gasteiger partial charge in [0.15, 0.2) is 0 Å². The van der Waals surface area contributed by atoms with Gasteiger partial charge in [-0.15, -0.1) is 0 Å². The summed E-state index contributed by atoms with van der Waals surface area (Å²) in [6.45, 7) is 3.41. The number of piperidine rings is 1. The van der Waals surface area contributed by atoms with E-state index in [1.165, 1.54) is 43.2 Å². The van der Waals surface area contributed by atoms with Crippen molar-refractivity contribution >= 4 is 27.0 Å². The number of hydrogen-bond acceptors (Lipinski definition) is 4. The van der Waals surface area contributed by atoms with Gasteiger partial charge in [-0.25, -0.2) is 4.39 Å². The second-order valence-corrected chi connectivity index (χ2v) is 8.63. The molecule has 3 aromatic rings. The second kappa shape index (κ2) is 9.13. The molecule has 0 aromatic carbocycles. The molecule has 7 heteroatoms. The Labute approximate surface area is 177 Å². The van der Waals surface area contributed by atoms with Crippen LogP contribution in [0.15, 0.2) is 52.1 Å². The van der Waals surface area contributed by atoms with Gasteiger partial charge in [0, 0.05) is 42.1 Å². The molecule has 4 rings (SSSR count). The van der Waals surface area contributed by atoms with Crippen LogP contribution < -0.4 is 5.56 Å². The zero-order valence-electron chi connectivity index (χ0n) is 16.2. The standard InChI is InChI=1S/C22H24BrFN4O/c23-18-11-17(13-25-14-18)2-1-16-5-7-27(8-6-16)9-10-28-21-12-19(24)15-26-20(21)3-4-22(28)29/h3-4,11-16H,1-2,5-10H2. The number of likely N-dealkylation sites (tertiary alicyclic amines) is 1. The highest BCUT2D eigenvalue weighted by Crippen LogP contribution is 2.23. The molecule has 0 atom stereocenters. The molecule has 0 bridgehead atoms. The van der Waals surface area contributed by atoms with Crippen molar-refractivity contribution < 1.29 is 4.39 Å². The highest BCUT2D eigenvalue weighted by atomic mass is 79.9. The number of pyridine rings is 3. The molecule has 1 saturated heterocycles. The van der Waals surface area contributed by atoms with Crippen LogP contribution in [-0.2, 0) is 13.0 Å². The van der Waals surface area contributed by atoms with E-state index < -0.39 is 5.82 Å². The van der Waals surface area contributed by atoms with Crippen LogP contribution in [0, 0.1) is 11.7 Å². The van der Waals surface area contributed by atoms with Gasteiger partial charge in [0.05, 0.1) is 17.2 Å². The van der Waals surface area contributed by atoms with Gasteiger partial charge < -0.3 is 9.47 Å². The zero-order valence-corrected chi connectivity index (χ0v) is 17.8. The molecule has 0 saturated carbocycles. The van der Waals surface area contributed by atoms with Crippen LogP contribution in [0.1, 0.15) is 24.8 Å². The van der Waals surface area contributed by atoms with E-state index in [0.717, 1.165) is 36.4 Å². The van der Waals surface area contributed by atoms with Crippen molar-refractivity contribution in [3.63, 3.8) is 0 Å². The zero-order chi connectivity index (χ0) is 20.2. The van der Waals surface area contributed by atoms with Crippen molar-refractivity contribution in [1.29, 1.82) is 0 Å². The minimum Gasteiger partial charge on any atom is -0.305 e. The number of aryl methyl sites for hydroxylation is 1. The fourth-order valence-electron chi connectivity index (χ4n) is 4.08. The lowest BCUT2D eigenvalue weighted by Crippen LogP contribution is -2.37. The molecule has 1 aliphatic heterocycles. The Morgan fingerprint density at radius 2 is 1.93 bits per heavy atom. The number of halogens is 2. The molecule has 0 spiro atoms. The van der Waals surface area contributed by atoms with E-state index in [1.54, 1.807) is 10.6 Å². The number of aromatic nitrogens is 3. The molecule has 0 radical (unpaired) electrons. The van der Waals surface area contributed by atoms with Gasteiger partial charge in [-0.1, -0.05) is 0 Å². The summed E-state index contributed by atoms with van der Waals surface area (Å²) >= 11 is 3.48. The van der Waals surface area contributed by atoms with Gasteiger partial charge in [-0.05, 0) is 78.3 Å². The number of rotatable bonds is 6. The average molecular weight is 459 g/mol. The molecule has 3 aromatic heterocycles. The van der Waals surface area contributed by atoms with Crippen LogP contribution in [0.25, 0.3) is 11.0 Å². The predicted molar refractivity (Wildman–Crippen MR) is 115 cm³/mol. The van der Waals surface area contributed by atoms with Crippen molar-refractivity contribution in [3.8, 4) is 0 Å². The fraction of sp³-hybridized carbons (Fsp3) is 0.409. The van der Waals surface area contributed by atoms with Gasteiger partial charge in [-0.2, -0.15) is 0 Å². The van der Waals surface area contributed by atoms with Gasteiger partial charge in [0.2, 0.25) is 0 Å². The number of nitrogens with zero attached hydrogens (tertiary/aromatic N) is 4. The minimum absolute atomic E-state index is 0.109. The predicted octanol–water partition coefficient (Wildman–Crippen LogP) is 4.04. The molecule has 1 fully saturated rings. The van der Waals surface area contributed by atoms with Gasteiger partial charge in [0.1, 0.15) is 5.82 Å². The first-order chi connectivity index (χ1) is 14.1. The van der Waals surface area contributed by atoms with E-state index in [1.807, 2.05) is 12.4 Å². The largest absolute Gasteiger partial charge is 0.305 e. The van der Waals surface area contributed by atoms with Crippen molar-refractivity contribution in [2.24, 2.45) is 5.92 Å². The summed E-state index contributed by atoms with van der Waals surface area (Å²) in [4.78, 5) is 23.0. The first-order valence-corrected chi connectivity index (χ1v) is 10.8. The summed E-state index contributed by atoms with van der Waals surface area (Å²) in [5, 5.41) is 0. The topological polar surface area (TPSA) is 51.0 Å². The Morgan fingerprint density at radius 1 is 1.10 bits per heavy atom. The van der Waals surface area contributed by atoms with Crippen molar-refractivity contribution in [1.82, 2.24) is 19.4 Å². The average Bonchev–Trinajstić information content (AvgIpc) is 2.72. The van der Waals surface area contributed by atoms with E-state index in [9.17, 15) is 9.18 Å². The van der Waals surface area contributed by atoms with Crippen LogP contribution >= 0.6 is 15.9 Å². The maximum atomic E-state index is 13.6. The molecule has 0 unspecified atom stereocenters. The molecule has 5 nitrogen and oxygen atoms in total. The van der Waals surface area contributed by atoms with E-state index in [0.29, 0.717) is 17.6 Å². The Kier molecular flexibility index (Phi) is 6.35. The summed E-state index contributed by atoms with van der Waals surface area (Å²) in [6.07, 6.45) is 9.52.